The maximum Gasteiger partial charge on any atom is 0.168 e. The Hall–Kier alpha value is -2.89. The van der Waals surface area contributed by atoms with Gasteiger partial charge in [-0.3, -0.25) is 0 Å². The van der Waals surface area contributed by atoms with Crippen LogP contribution in [0.2, 0.25) is 0 Å². The van der Waals surface area contributed by atoms with Crippen LogP contribution in [0.5, 0.6) is 11.5 Å². The van der Waals surface area contributed by atoms with Gasteiger partial charge in [-0.25, -0.2) is 13.8 Å². The van der Waals surface area contributed by atoms with Gasteiger partial charge in [0, 0.05) is 11.6 Å². The summed E-state index contributed by atoms with van der Waals surface area (Å²) < 4.78 is 38.5. The number of methoxy groups -OCH3 is 1. The summed E-state index contributed by atoms with van der Waals surface area (Å²) in [6, 6.07) is 7.64. The first kappa shape index (κ1) is 18.9. The Morgan fingerprint density at radius 2 is 2.00 bits per heavy atom. The number of unbranched alkanes of at least 4 members (excludes halogenated alkanes) is 2. The summed E-state index contributed by atoms with van der Waals surface area (Å²) in [5.41, 5.74) is 1.24. The zero-order chi connectivity index (χ0) is 19.2. The first-order chi connectivity index (χ1) is 13.1. The summed E-state index contributed by atoms with van der Waals surface area (Å²) in [4.78, 5) is 7.08. The van der Waals surface area contributed by atoms with E-state index in [0.29, 0.717) is 29.4 Å². The molecule has 4 nitrogen and oxygen atoms in total. The minimum absolute atomic E-state index is 0.109. The maximum absolute atomic E-state index is 13.8. The molecule has 0 aliphatic heterocycles. The van der Waals surface area contributed by atoms with Crippen LogP contribution in [-0.4, -0.2) is 23.7 Å². The monoisotopic (exact) mass is 372 g/mol. The molecule has 0 saturated heterocycles. The molecule has 6 heteroatoms. The number of hydrogen-bond donors (Lipinski definition) is 1. The molecule has 0 aliphatic carbocycles. The summed E-state index contributed by atoms with van der Waals surface area (Å²) in [5.74, 6) is 0.387. The Kier molecular flexibility index (Phi) is 6.06. The Labute approximate surface area is 156 Å². The molecular formula is C21H22F2N2O2. The second-order valence-electron chi connectivity index (χ2n) is 6.17. The molecule has 0 unspecified atom stereocenters. The number of rotatable bonds is 8. The van der Waals surface area contributed by atoms with Crippen LogP contribution < -0.4 is 9.47 Å². The first-order valence-electron chi connectivity index (χ1n) is 8.95. The lowest BCUT2D eigenvalue weighted by Gasteiger charge is -2.13. The lowest BCUT2D eigenvalue weighted by Crippen LogP contribution is -2.00. The number of imidazole rings is 1. The predicted octanol–water partition coefficient (Wildman–Crippen LogP) is 5.59. The second-order valence-corrected chi connectivity index (χ2v) is 6.17. The van der Waals surface area contributed by atoms with Crippen molar-refractivity contribution >= 4 is 23.2 Å². The molecule has 3 rings (SSSR count). The average molecular weight is 372 g/mol. The van der Waals surface area contributed by atoms with Crippen molar-refractivity contribution in [2.24, 2.45) is 0 Å². The van der Waals surface area contributed by atoms with E-state index in [9.17, 15) is 8.78 Å². The molecule has 0 fully saturated rings. The number of halogens is 2. The van der Waals surface area contributed by atoms with E-state index in [1.54, 1.807) is 13.2 Å². The van der Waals surface area contributed by atoms with Crippen LogP contribution in [-0.2, 0) is 0 Å². The van der Waals surface area contributed by atoms with Crippen LogP contribution in [0, 0.1) is 11.6 Å². The van der Waals surface area contributed by atoms with E-state index in [-0.39, 0.29) is 5.52 Å². The van der Waals surface area contributed by atoms with Gasteiger partial charge < -0.3 is 14.5 Å². The molecule has 0 atom stereocenters. The van der Waals surface area contributed by atoms with E-state index in [0.717, 1.165) is 30.9 Å². The number of aromatic amines is 1. The third kappa shape index (κ3) is 4.45. The third-order valence-electron chi connectivity index (χ3n) is 4.17. The van der Waals surface area contributed by atoms with Gasteiger partial charge in [0.15, 0.2) is 17.3 Å². The van der Waals surface area contributed by atoms with Gasteiger partial charge >= 0.3 is 0 Å². The molecule has 0 amide bonds. The van der Waals surface area contributed by atoms with E-state index in [2.05, 4.69) is 16.9 Å². The zero-order valence-electron chi connectivity index (χ0n) is 15.4. The molecule has 1 N–H and O–H groups in total. The molecule has 27 heavy (non-hydrogen) atoms. The highest BCUT2D eigenvalue weighted by molar-refractivity contribution is 5.80. The van der Waals surface area contributed by atoms with Crippen LogP contribution in [0.1, 0.15) is 37.6 Å². The smallest absolute Gasteiger partial charge is 0.168 e. The largest absolute Gasteiger partial charge is 0.493 e. The van der Waals surface area contributed by atoms with Gasteiger partial charge in [0.1, 0.15) is 17.2 Å². The normalized spacial score (nSPS) is 11.4. The molecule has 0 spiro atoms. The minimum Gasteiger partial charge on any atom is -0.493 e. The number of ether oxygens (including phenoxy) is 2. The van der Waals surface area contributed by atoms with Gasteiger partial charge in [-0.2, -0.15) is 0 Å². The summed E-state index contributed by atoms with van der Waals surface area (Å²) in [6.07, 6.45) is 6.69. The molecule has 1 heterocycles. The quantitative estimate of drug-likeness (QED) is 0.524. The van der Waals surface area contributed by atoms with Gasteiger partial charge in [0.05, 0.1) is 19.2 Å². The highest BCUT2D eigenvalue weighted by Crippen LogP contribution is 2.32. The van der Waals surface area contributed by atoms with Crippen LogP contribution >= 0.6 is 0 Å². The highest BCUT2D eigenvalue weighted by Gasteiger charge is 2.10. The fourth-order valence-electron chi connectivity index (χ4n) is 2.81. The lowest BCUT2D eigenvalue weighted by atomic mass is 10.1. The van der Waals surface area contributed by atoms with Gasteiger partial charge in [0.2, 0.25) is 0 Å². The third-order valence-corrected chi connectivity index (χ3v) is 4.17. The Morgan fingerprint density at radius 3 is 2.78 bits per heavy atom. The zero-order valence-corrected chi connectivity index (χ0v) is 15.4. The van der Waals surface area contributed by atoms with Crippen molar-refractivity contribution in [1.82, 2.24) is 9.97 Å². The van der Waals surface area contributed by atoms with Crippen molar-refractivity contribution in [2.75, 3.05) is 13.7 Å². The number of aromatic nitrogens is 2. The fraction of sp³-hybridized carbons (Fsp3) is 0.286. The fourth-order valence-corrected chi connectivity index (χ4v) is 2.81. The Morgan fingerprint density at radius 1 is 1.15 bits per heavy atom. The molecule has 142 valence electrons. The number of benzene rings is 2. The van der Waals surface area contributed by atoms with Crippen molar-refractivity contribution in [1.29, 1.82) is 0 Å². The molecule has 0 bridgehead atoms. The number of nitrogens with zero attached hydrogens (tertiary/aromatic N) is 1. The summed E-state index contributed by atoms with van der Waals surface area (Å²) in [6.45, 7) is 2.74. The number of nitrogens with one attached hydrogen (secondary N) is 1. The molecule has 0 aliphatic rings. The van der Waals surface area contributed by atoms with Crippen LogP contribution in [0.4, 0.5) is 8.78 Å². The Balaban J connectivity index is 1.87. The SMILES string of the molecule is CCCCCOc1c(/C=C/c2nc3c(F)cc(F)cc3[nH]2)cccc1OC. The Bertz CT molecular complexity index is 951. The number of H-pyrrole nitrogens is 1. The van der Waals surface area contributed by atoms with Gasteiger partial charge in [-0.1, -0.05) is 31.9 Å². The molecule has 0 radical (unpaired) electrons. The lowest BCUT2D eigenvalue weighted by molar-refractivity contribution is 0.285. The number of fused-ring (bicyclic) bond motifs is 1. The van der Waals surface area contributed by atoms with Crippen LogP contribution in [0.3, 0.4) is 0 Å². The number of para-hydroxylation sites is 1. The van der Waals surface area contributed by atoms with Crippen molar-refractivity contribution in [2.45, 2.75) is 26.2 Å². The summed E-state index contributed by atoms with van der Waals surface area (Å²) in [7, 11) is 1.60. The standard InChI is InChI=1S/C21H22F2N2O2/c1-3-4-5-11-27-21-14(7-6-8-18(21)26-2)9-10-19-24-17-13-15(22)12-16(23)20(17)25-19/h6-10,12-13H,3-5,11H2,1-2H3,(H,24,25)/b10-9+. The highest BCUT2D eigenvalue weighted by atomic mass is 19.1. The summed E-state index contributed by atoms with van der Waals surface area (Å²) >= 11 is 0. The van der Waals surface area contributed by atoms with Crippen molar-refractivity contribution in [3.8, 4) is 11.5 Å². The minimum atomic E-state index is -0.692. The predicted molar refractivity (Wildman–Crippen MR) is 103 cm³/mol. The van der Waals surface area contributed by atoms with E-state index >= 15 is 0 Å². The second kappa shape index (κ2) is 8.66. The van der Waals surface area contributed by atoms with Gasteiger partial charge in [0.25, 0.3) is 0 Å². The summed E-state index contributed by atoms with van der Waals surface area (Å²) in [5, 5.41) is 0. The molecule has 2 aromatic carbocycles. The topological polar surface area (TPSA) is 47.1 Å². The van der Waals surface area contributed by atoms with E-state index in [4.69, 9.17) is 9.47 Å². The van der Waals surface area contributed by atoms with E-state index in [1.165, 1.54) is 6.07 Å². The van der Waals surface area contributed by atoms with Crippen LogP contribution in [0.25, 0.3) is 23.2 Å². The van der Waals surface area contributed by atoms with Gasteiger partial charge in [-0.15, -0.1) is 0 Å². The average Bonchev–Trinajstić information content (AvgIpc) is 3.07. The first-order valence-corrected chi connectivity index (χ1v) is 8.95. The van der Waals surface area contributed by atoms with E-state index in [1.807, 2.05) is 24.3 Å². The van der Waals surface area contributed by atoms with E-state index < -0.39 is 11.6 Å². The maximum atomic E-state index is 13.8. The van der Waals surface area contributed by atoms with Crippen LogP contribution in [0.15, 0.2) is 30.3 Å². The number of hydrogen-bond acceptors (Lipinski definition) is 3. The molecular weight excluding hydrogens is 350 g/mol. The van der Waals surface area contributed by atoms with Crippen molar-refractivity contribution < 1.29 is 18.3 Å². The molecule has 0 saturated carbocycles. The van der Waals surface area contributed by atoms with Crippen molar-refractivity contribution in [3.63, 3.8) is 0 Å². The van der Waals surface area contributed by atoms with Crippen molar-refractivity contribution in [3.05, 3.63) is 53.4 Å². The molecule has 3 aromatic rings. The van der Waals surface area contributed by atoms with Gasteiger partial charge in [-0.05, 0) is 30.7 Å². The molecule has 1 aromatic heterocycles.